The number of aromatic nitrogens is 5. The van der Waals surface area contributed by atoms with E-state index in [9.17, 15) is 0 Å². The molecule has 0 aliphatic rings. The van der Waals surface area contributed by atoms with Crippen LogP contribution in [0.5, 0.6) is 11.5 Å². The lowest BCUT2D eigenvalue weighted by molar-refractivity contribution is 0.414. The summed E-state index contributed by atoms with van der Waals surface area (Å²) in [5.74, 6) is 2.05. The van der Waals surface area contributed by atoms with Crippen LogP contribution in [0.25, 0.3) is 33.5 Å². The van der Waals surface area contributed by atoms with E-state index in [1.54, 1.807) is 25.2 Å². The third-order valence-corrected chi connectivity index (χ3v) is 5.55. The summed E-state index contributed by atoms with van der Waals surface area (Å²) in [7, 11) is 5.18. The SMILES string of the molecule is COc1ccc(CNc2nc3c(-c4cn(C)nc4-c4ccccc4)ncnc3cc2OC)cc1. The van der Waals surface area contributed by atoms with E-state index in [0.29, 0.717) is 34.8 Å². The molecule has 5 rings (SSSR count). The molecule has 0 aliphatic carbocycles. The van der Waals surface area contributed by atoms with Gasteiger partial charge in [0.1, 0.15) is 29.0 Å². The van der Waals surface area contributed by atoms with E-state index in [4.69, 9.17) is 14.5 Å². The quantitative estimate of drug-likeness (QED) is 0.382. The van der Waals surface area contributed by atoms with Crippen molar-refractivity contribution in [2.24, 2.45) is 7.05 Å². The highest BCUT2D eigenvalue weighted by Gasteiger charge is 2.19. The Hall–Kier alpha value is -4.46. The fourth-order valence-electron chi connectivity index (χ4n) is 3.85. The van der Waals surface area contributed by atoms with E-state index in [2.05, 4.69) is 20.4 Å². The normalized spacial score (nSPS) is 10.9. The molecule has 1 N–H and O–H groups in total. The highest BCUT2D eigenvalue weighted by molar-refractivity contribution is 5.94. The minimum Gasteiger partial charge on any atom is -0.497 e. The van der Waals surface area contributed by atoms with Crippen LogP contribution in [0.2, 0.25) is 0 Å². The van der Waals surface area contributed by atoms with Crippen molar-refractivity contribution in [1.82, 2.24) is 24.7 Å². The molecule has 0 saturated carbocycles. The van der Waals surface area contributed by atoms with E-state index >= 15 is 0 Å². The average Bonchev–Trinajstić information content (AvgIpc) is 3.28. The number of benzene rings is 2. The first kappa shape index (κ1) is 21.4. The average molecular weight is 453 g/mol. The fraction of sp³-hybridized carbons (Fsp3) is 0.154. The number of rotatable bonds is 7. The molecule has 0 amide bonds. The van der Waals surface area contributed by atoms with Crippen LogP contribution < -0.4 is 14.8 Å². The first-order valence-electron chi connectivity index (χ1n) is 10.8. The lowest BCUT2D eigenvalue weighted by Gasteiger charge is -2.13. The lowest BCUT2D eigenvalue weighted by atomic mass is 10.0. The van der Waals surface area contributed by atoms with Crippen LogP contribution in [0.3, 0.4) is 0 Å². The lowest BCUT2D eigenvalue weighted by Crippen LogP contribution is -2.05. The predicted octanol–water partition coefficient (Wildman–Crippen LogP) is 4.72. The first-order chi connectivity index (χ1) is 16.7. The maximum absolute atomic E-state index is 5.60. The molecule has 3 heterocycles. The van der Waals surface area contributed by atoms with Crippen LogP contribution in [-0.4, -0.2) is 39.0 Å². The second-order valence-electron chi connectivity index (χ2n) is 7.76. The van der Waals surface area contributed by atoms with Crippen molar-refractivity contribution in [2.45, 2.75) is 6.54 Å². The van der Waals surface area contributed by atoms with E-state index in [-0.39, 0.29) is 0 Å². The predicted molar refractivity (Wildman–Crippen MR) is 132 cm³/mol. The van der Waals surface area contributed by atoms with Gasteiger partial charge < -0.3 is 14.8 Å². The number of fused-ring (bicyclic) bond motifs is 1. The molecule has 0 aliphatic heterocycles. The van der Waals surface area contributed by atoms with Gasteiger partial charge in [-0.2, -0.15) is 5.10 Å². The van der Waals surface area contributed by atoms with Crippen LogP contribution in [0, 0.1) is 0 Å². The van der Waals surface area contributed by atoms with E-state index in [1.165, 1.54) is 0 Å². The zero-order valence-electron chi connectivity index (χ0n) is 19.2. The fourth-order valence-corrected chi connectivity index (χ4v) is 3.85. The maximum atomic E-state index is 5.60. The summed E-state index contributed by atoms with van der Waals surface area (Å²) in [5.41, 5.74) is 5.91. The molecule has 8 heteroatoms. The number of hydrogen-bond donors (Lipinski definition) is 1. The van der Waals surface area contributed by atoms with E-state index in [0.717, 1.165) is 28.1 Å². The number of ether oxygens (including phenoxy) is 2. The van der Waals surface area contributed by atoms with Crippen molar-refractivity contribution in [3.8, 4) is 34.0 Å². The Morgan fingerprint density at radius 2 is 1.71 bits per heavy atom. The number of aryl methyl sites for hydroxylation is 1. The van der Waals surface area contributed by atoms with E-state index in [1.807, 2.05) is 73.9 Å². The summed E-state index contributed by atoms with van der Waals surface area (Å²) in [5, 5.41) is 8.08. The summed E-state index contributed by atoms with van der Waals surface area (Å²) in [6.07, 6.45) is 3.51. The minimum absolute atomic E-state index is 0.573. The molecular weight excluding hydrogens is 428 g/mol. The smallest absolute Gasteiger partial charge is 0.169 e. The maximum Gasteiger partial charge on any atom is 0.169 e. The Balaban J connectivity index is 1.57. The molecule has 0 bridgehead atoms. The van der Waals surface area contributed by atoms with Crippen molar-refractivity contribution in [3.63, 3.8) is 0 Å². The van der Waals surface area contributed by atoms with Crippen LogP contribution in [0.1, 0.15) is 5.56 Å². The van der Waals surface area contributed by atoms with Gasteiger partial charge in [-0.1, -0.05) is 42.5 Å². The highest BCUT2D eigenvalue weighted by atomic mass is 16.5. The van der Waals surface area contributed by atoms with Gasteiger partial charge in [-0.25, -0.2) is 15.0 Å². The summed E-state index contributed by atoms with van der Waals surface area (Å²) >= 11 is 0. The minimum atomic E-state index is 0.573. The Labute approximate surface area is 197 Å². The van der Waals surface area contributed by atoms with Gasteiger partial charge >= 0.3 is 0 Å². The first-order valence-corrected chi connectivity index (χ1v) is 10.8. The molecule has 8 nitrogen and oxygen atoms in total. The molecule has 170 valence electrons. The molecule has 5 aromatic rings. The van der Waals surface area contributed by atoms with Gasteiger partial charge in [-0.05, 0) is 17.7 Å². The molecule has 0 spiro atoms. The van der Waals surface area contributed by atoms with Gasteiger partial charge in [0.05, 0.1) is 19.7 Å². The monoisotopic (exact) mass is 452 g/mol. The van der Waals surface area contributed by atoms with Crippen LogP contribution in [0.4, 0.5) is 5.82 Å². The Bertz CT molecular complexity index is 1430. The van der Waals surface area contributed by atoms with Gasteiger partial charge in [-0.15, -0.1) is 0 Å². The van der Waals surface area contributed by atoms with Crippen LogP contribution >= 0.6 is 0 Å². The summed E-state index contributed by atoms with van der Waals surface area (Å²) < 4.78 is 12.6. The highest BCUT2D eigenvalue weighted by Crippen LogP contribution is 2.35. The van der Waals surface area contributed by atoms with Crippen molar-refractivity contribution in [1.29, 1.82) is 0 Å². The van der Waals surface area contributed by atoms with Gasteiger partial charge in [0.2, 0.25) is 0 Å². The largest absolute Gasteiger partial charge is 0.497 e. The molecule has 34 heavy (non-hydrogen) atoms. The van der Waals surface area contributed by atoms with Gasteiger partial charge in [0.15, 0.2) is 11.6 Å². The Kier molecular flexibility index (Phi) is 5.78. The number of hydrogen-bond acceptors (Lipinski definition) is 7. The van der Waals surface area contributed by atoms with Crippen LogP contribution in [0.15, 0.2) is 73.2 Å². The molecule has 3 aromatic heterocycles. The third kappa shape index (κ3) is 4.13. The van der Waals surface area contributed by atoms with Gasteiger partial charge in [0.25, 0.3) is 0 Å². The second kappa shape index (κ2) is 9.19. The van der Waals surface area contributed by atoms with Gasteiger partial charge in [0, 0.05) is 37.0 Å². The summed E-state index contributed by atoms with van der Waals surface area (Å²) in [6, 6.07) is 19.8. The Morgan fingerprint density at radius 1 is 0.912 bits per heavy atom. The number of pyridine rings is 1. The van der Waals surface area contributed by atoms with Crippen molar-refractivity contribution < 1.29 is 9.47 Å². The molecule has 0 fully saturated rings. The standard InChI is InChI=1S/C26H24N6O2/c1-32-15-20(23(31-32)18-7-5-4-6-8-18)24-25-21(28-16-29-24)13-22(34-3)26(30-25)27-14-17-9-11-19(33-2)12-10-17/h4-13,15-16H,14H2,1-3H3,(H,27,30). The topological polar surface area (TPSA) is 87.0 Å². The summed E-state index contributed by atoms with van der Waals surface area (Å²) in [6.45, 7) is 0.573. The van der Waals surface area contributed by atoms with Crippen molar-refractivity contribution >= 4 is 16.9 Å². The molecule has 0 atom stereocenters. The zero-order valence-corrected chi connectivity index (χ0v) is 19.2. The molecule has 2 aromatic carbocycles. The number of anilines is 1. The van der Waals surface area contributed by atoms with E-state index < -0.39 is 0 Å². The number of methoxy groups -OCH3 is 2. The van der Waals surface area contributed by atoms with Crippen LogP contribution in [-0.2, 0) is 13.6 Å². The van der Waals surface area contributed by atoms with Crippen molar-refractivity contribution in [2.75, 3.05) is 19.5 Å². The van der Waals surface area contributed by atoms with Gasteiger partial charge in [-0.3, -0.25) is 4.68 Å². The molecule has 0 saturated heterocycles. The third-order valence-electron chi connectivity index (χ3n) is 5.55. The number of nitrogens with zero attached hydrogens (tertiary/aromatic N) is 5. The summed E-state index contributed by atoms with van der Waals surface area (Å²) in [4.78, 5) is 13.9. The number of nitrogens with one attached hydrogen (secondary N) is 1. The molecule has 0 radical (unpaired) electrons. The Morgan fingerprint density at radius 3 is 2.44 bits per heavy atom. The molecular formula is C26H24N6O2. The van der Waals surface area contributed by atoms with Crippen molar-refractivity contribution in [3.05, 3.63) is 78.8 Å². The zero-order chi connectivity index (χ0) is 23.5. The molecule has 0 unspecified atom stereocenters. The second-order valence-corrected chi connectivity index (χ2v) is 7.76.